The molecule has 0 bridgehead atoms. The average molecular weight is 364 g/mol. The molecule has 1 rings (SSSR count). The third-order valence-corrected chi connectivity index (χ3v) is 4.16. The van der Waals surface area contributed by atoms with E-state index in [0.29, 0.717) is 22.5 Å². The van der Waals surface area contributed by atoms with Crippen LogP contribution in [0.4, 0.5) is 5.69 Å². The Balaban J connectivity index is 2.87. The van der Waals surface area contributed by atoms with E-state index in [1.807, 2.05) is 13.8 Å². The molecule has 0 aliphatic rings. The highest BCUT2D eigenvalue weighted by Gasteiger charge is 2.17. The molecule has 20 heavy (non-hydrogen) atoms. The highest BCUT2D eigenvalue weighted by molar-refractivity contribution is 9.10. The van der Waals surface area contributed by atoms with Crippen molar-refractivity contribution in [1.29, 1.82) is 0 Å². The largest absolute Gasteiger partial charge is 0.324 e. The first-order valence-electron chi connectivity index (χ1n) is 6.00. The second kappa shape index (κ2) is 6.66. The van der Waals surface area contributed by atoms with Crippen LogP contribution in [0.25, 0.3) is 0 Å². The van der Waals surface area contributed by atoms with E-state index < -0.39 is 16.1 Å². The SMILES string of the molecule is CC(C)C[C@H](N)C(=O)Nc1ccc(S(N)(=O)=O)cc1Br. The lowest BCUT2D eigenvalue weighted by Crippen LogP contribution is -2.36. The van der Waals surface area contributed by atoms with Crippen LogP contribution in [0.15, 0.2) is 27.6 Å². The van der Waals surface area contributed by atoms with Crippen molar-refractivity contribution in [3.05, 3.63) is 22.7 Å². The van der Waals surface area contributed by atoms with Gasteiger partial charge in [-0.2, -0.15) is 0 Å². The molecular formula is C12H18BrN3O3S. The molecule has 8 heteroatoms. The topological polar surface area (TPSA) is 115 Å². The van der Waals surface area contributed by atoms with Crippen LogP contribution in [-0.4, -0.2) is 20.4 Å². The second-order valence-electron chi connectivity index (χ2n) is 4.91. The van der Waals surface area contributed by atoms with Crippen LogP contribution in [0, 0.1) is 5.92 Å². The van der Waals surface area contributed by atoms with Gasteiger partial charge in [0, 0.05) is 4.47 Å². The molecule has 0 unspecified atom stereocenters. The third kappa shape index (κ3) is 4.86. The maximum Gasteiger partial charge on any atom is 0.241 e. The van der Waals surface area contributed by atoms with Gasteiger partial charge in [0.25, 0.3) is 0 Å². The van der Waals surface area contributed by atoms with E-state index in [0.717, 1.165) is 0 Å². The molecule has 0 saturated carbocycles. The number of rotatable bonds is 5. The van der Waals surface area contributed by atoms with Crippen LogP contribution in [-0.2, 0) is 14.8 Å². The number of halogens is 1. The van der Waals surface area contributed by atoms with Crippen molar-refractivity contribution < 1.29 is 13.2 Å². The molecule has 1 aromatic rings. The summed E-state index contributed by atoms with van der Waals surface area (Å²) in [4.78, 5) is 11.8. The van der Waals surface area contributed by atoms with Gasteiger partial charge in [-0.25, -0.2) is 13.6 Å². The lowest BCUT2D eigenvalue weighted by atomic mass is 10.0. The molecule has 0 aliphatic heterocycles. The molecule has 0 heterocycles. The fourth-order valence-corrected chi connectivity index (χ4v) is 2.78. The number of amides is 1. The van der Waals surface area contributed by atoms with Gasteiger partial charge < -0.3 is 11.1 Å². The normalized spacial score (nSPS) is 13.3. The van der Waals surface area contributed by atoms with E-state index in [1.54, 1.807) is 0 Å². The van der Waals surface area contributed by atoms with Gasteiger partial charge in [0.1, 0.15) is 0 Å². The van der Waals surface area contributed by atoms with E-state index in [9.17, 15) is 13.2 Å². The summed E-state index contributed by atoms with van der Waals surface area (Å²) in [6.07, 6.45) is 0.568. The lowest BCUT2D eigenvalue weighted by molar-refractivity contribution is -0.117. The Morgan fingerprint density at radius 2 is 2.00 bits per heavy atom. The monoisotopic (exact) mass is 363 g/mol. The summed E-state index contributed by atoms with van der Waals surface area (Å²) < 4.78 is 22.8. The summed E-state index contributed by atoms with van der Waals surface area (Å²) >= 11 is 3.19. The zero-order valence-electron chi connectivity index (χ0n) is 11.3. The highest BCUT2D eigenvalue weighted by atomic mass is 79.9. The maximum atomic E-state index is 11.9. The first kappa shape index (κ1) is 17.1. The van der Waals surface area contributed by atoms with Crippen LogP contribution in [0.3, 0.4) is 0 Å². The third-order valence-electron chi connectivity index (χ3n) is 2.59. The maximum absolute atomic E-state index is 11.9. The molecule has 1 amide bonds. The van der Waals surface area contributed by atoms with Crippen LogP contribution in [0.5, 0.6) is 0 Å². The fraction of sp³-hybridized carbons (Fsp3) is 0.417. The molecule has 112 valence electrons. The van der Waals surface area contributed by atoms with Crippen LogP contribution >= 0.6 is 15.9 Å². The average Bonchev–Trinajstić information content (AvgIpc) is 2.29. The summed E-state index contributed by atoms with van der Waals surface area (Å²) in [5.74, 6) is -0.00768. The number of hydrogen-bond acceptors (Lipinski definition) is 4. The van der Waals surface area contributed by atoms with Crippen LogP contribution in [0.1, 0.15) is 20.3 Å². The first-order chi connectivity index (χ1) is 9.11. The van der Waals surface area contributed by atoms with Gasteiger partial charge in [0.05, 0.1) is 16.6 Å². The van der Waals surface area contributed by atoms with Crippen molar-refractivity contribution in [3.63, 3.8) is 0 Å². The number of hydrogen-bond donors (Lipinski definition) is 3. The Bertz CT molecular complexity index is 602. The second-order valence-corrected chi connectivity index (χ2v) is 7.33. The van der Waals surface area contributed by atoms with Crippen molar-refractivity contribution in [2.45, 2.75) is 31.2 Å². The molecule has 6 nitrogen and oxygen atoms in total. The molecule has 0 radical (unpaired) electrons. The number of carbonyl (C=O) groups is 1. The lowest BCUT2D eigenvalue weighted by Gasteiger charge is -2.15. The van der Waals surface area contributed by atoms with Gasteiger partial charge in [-0.3, -0.25) is 4.79 Å². The van der Waals surface area contributed by atoms with E-state index in [-0.39, 0.29) is 10.8 Å². The Morgan fingerprint density at radius 1 is 1.40 bits per heavy atom. The number of anilines is 1. The van der Waals surface area contributed by atoms with E-state index >= 15 is 0 Å². The molecule has 5 N–H and O–H groups in total. The Hall–Kier alpha value is -0.960. The predicted molar refractivity (Wildman–Crippen MR) is 81.6 cm³/mol. The number of primary sulfonamides is 1. The summed E-state index contributed by atoms with van der Waals surface area (Å²) in [5, 5.41) is 7.67. The summed E-state index contributed by atoms with van der Waals surface area (Å²) in [5.41, 5.74) is 6.22. The number of nitrogens with one attached hydrogen (secondary N) is 1. The summed E-state index contributed by atoms with van der Waals surface area (Å²) in [6.45, 7) is 3.95. The highest BCUT2D eigenvalue weighted by Crippen LogP contribution is 2.25. The zero-order valence-corrected chi connectivity index (χ0v) is 13.7. The first-order valence-corrected chi connectivity index (χ1v) is 8.34. The molecule has 1 atom stereocenters. The number of nitrogens with two attached hydrogens (primary N) is 2. The summed E-state index contributed by atoms with van der Waals surface area (Å²) in [6, 6.07) is 3.51. The molecule has 0 saturated heterocycles. The number of sulfonamides is 1. The van der Waals surface area contributed by atoms with E-state index in [1.165, 1.54) is 18.2 Å². The zero-order chi connectivity index (χ0) is 15.5. The molecule has 0 aromatic heterocycles. The fourth-order valence-electron chi connectivity index (χ4n) is 1.61. The summed E-state index contributed by atoms with van der Waals surface area (Å²) in [7, 11) is -3.77. The molecule has 0 spiro atoms. The minimum absolute atomic E-state index is 0.0335. The standard InChI is InChI=1S/C12H18BrN3O3S/c1-7(2)5-10(14)12(17)16-11-4-3-8(6-9(11)13)20(15,18)19/h3-4,6-7,10H,5,14H2,1-2H3,(H,16,17)(H2,15,18,19)/t10-/m0/s1. The minimum Gasteiger partial charge on any atom is -0.324 e. The Kier molecular flexibility index (Phi) is 5.69. The van der Waals surface area contributed by atoms with Crippen molar-refractivity contribution in [1.82, 2.24) is 0 Å². The van der Waals surface area contributed by atoms with Crippen LogP contribution in [0.2, 0.25) is 0 Å². The van der Waals surface area contributed by atoms with Crippen molar-refractivity contribution in [2.24, 2.45) is 16.8 Å². The van der Waals surface area contributed by atoms with Crippen molar-refractivity contribution in [3.8, 4) is 0 Å². The van der Waals surface area contributed by atoms with Gasteiger partial charge in [-0.1, -0.05) is 13.8 Å². The predicted octanol–water partition coefficient (Wildman–Crippen LogP) is 1.41. The smallest absolute Gasteiger partial charge is 0.241 e. The quantitative estimate of drug-likeness (QED) is 0.733. The Morgan fingerprint density at radius 3 is 2.45 bits per heavy atom. The van der Waals surface area contributed by atoms with Crippen LogP contribution < -0.4 is 16.2 Å². The van der Waals surface area contributed by atoms with Gasteiger partial charge >= 0.3 is 0 Å². The van der Waals surface area contributed by atoms with E-state index in [2.05, 4.69) is 21.2 Å². The van der Waals surface area contributed by atoms with Crippen molar-refractivity contribution in [2.75, 3.05) is 5.32 Å². The number of benzene rings is 1. The minimum atomic E-state index is -3.77. The van der Waals surface area contributed by atoms with Gasteiger partial charge in [-0.15, -0.1) is 0 Å². The number of carbonyl (C=O) groups excluding carboxylic acids is 1. The van der Waals surface area contributed by atoms with E-state index in [4.69, 9.17) is 10.9 Å². The molecule has 1 aromatic carbocycles. The van der Waals surface area contributed by atoms with Crippen molar-refractivity contribution >= 4 is 37.5 Å². The Labute approximate surface area is 127 Å². The molecule has 0 aliphatic carbocycles. The molecule has 0 fully saturated rings. The molecular weight excluding hydrogens is 346 g/mol. The van der Waals surface area contributed by atoms with Gasteiger partial charge in [0.15, 0.2) is 0 Å². The van der Waals surface area contributed by atoms with Gasteiger partial charge in [0.2, 0.25) is 15.9 Å². The van der Waals surface area contributed by atoms with Gasteiger partial charge in [-0.05, 0) is 46.5 Å².